The van der Waals surface area contributed by atoms with Crippen LogP contribution in [0.15, 0.2) is 24.3 Å². The van der Waals surface area contributed by atoms with Crippen LogP contribution in [0, 0.1) is 6.92 Å². The minimum atomic E-state index is 0.314. The lowest BCUT2D eigenvalue weighted by Gasteiger charge is -2.05. The molecular formula is C10H13BrO2. The van der Waals surface area contributed by atoms with Crippen LogP contribution in [0.25, 0.3) is 0 Å². The van der Waals surface area contributed by atoms with Gasteiger partial charge in [0.15, 0.2) is 6.79 Å². The second kappa shape index (κ2) is 6.00. The second-order valence-electron chi connectivity index (χ2n) is 2.67. The van der Waals surface area contributed by atoms with E-state index in [4.69, 9.17) is 9.47 Å². The number of rotatable bonds is 5. The Labute approximate surface area is 87.0 Å². The first-order valence-electron chi connectivity index (χ1n) is 4.16. The predicted molar refractivity (Wildman–Crippen MR) is 56.4 cm³/mol. The summed E-state index contributed by atoms with van der Waals surface area (Å²) >= 11 is 3.26. The van der Waals surface area contributed by atoms with Gasteiger partial charge in [0.1, 0.15) is 5.75 Å². The molecule has 0 spiro atoms. The van der Waals surface area contributed by atoms with E-state index in [9.17, 15) is 0 Å². The number of alkyl halides is 1. The average molecular weight is 245 g/mol. The van der Waals surface area contributed by atoms with Crippen molar-refractivity contribution < 1.29 is 9.47 Å². The van der Waals surface area contributed by atoms with E-state index in [2.05, 4.69) is 15.9 Å². The minimum Gasteiger partial charge on any atom is -0.468 e. The third-order valence-corrected chi connectivity index (χ3v) is 1.88. The Morgan fingerprint density at radius 1 is 1.23 bits per heavy atom. The van der Waals surface area contributed by atoms with Gasteiger partial charge in [-0.15, -0.1) is 0 Å². The monoisotopic (exact) mass is 244 g/mol. The molecule has 0 aliphatic heterocycles. The van der Waals surface area contributed by atoms with E-state index in [1.807, 2.05) is 31.2 Å². The maximum absolute atomic E-state index is 5.32. The lowest BCUT2D eigenvalue weighted by Crippen LogP contribution is -2.04. The minimum absolute atomic E-state index is 0.314. The van der Waals surface area contributed by atoms with E-state index < -0.39 is 0 Å². The number of halogens is 1. The maximum atomic E-state index is 5.32. The van der Waals surface area contributed by atoms with Crippen LogP contribution in [0.3, 0.4) is 0 Å². The molecule has 13 heavy (non-hydrogen) atoms. The van der Waals surface area contributed by atoms with Crippen molar-refractivity contribution >= 4 is 15.9 Å². The van der Waals surface area contributed by atoms with Crippen molar-refractivity contribution in [1.29, 1.82) is 0 Å². The van der Waals surface area contributed by atoms with Crippen LogP contribution in [0.1, 0.15) is 5.56 Å². The fourth-order valence-electron chi connectivity index (χ4n) is 0.858. The summed E-state index contributed by atoms with van der Waals surface area (Å²) in [4.78, 5) is 0. The third kappa shape index (κ3) is 4.29. The molecule has 3 heteroatoms. The Bertz CT molecular complexity index is 233. The molecule has 0 bridgehead atoms. The zero-order chi connectivity index (χ0) is 9.52. The first-order chi connectivity index (χ1) is 6.33. The van der Waals surface area contributed by atoms with Gasteiger partial charge in [-0.05, 0) is 19.1 Å². The highest BCUT2D eigenvalue weighted by Crippen LogP contribution is 2.10. The van der Waals surface area contributed by atoms with Crippen molar-refractivity contribution in [3.63, 3.8) is 0 Å². The molecule has 1 aromatic rings. The van der Waals surface area contributed by atoms with E-state index in [1.165, 1.54) is 5.56 Å². The zero-order valence-corrected chi connectivity index (χ0v) is 9.21. The van der Waals surface area contributed by atoms with Crippen molar-refractivity contribution in [2.24, 2.45) is 0 Å². The van der Waals surface area contributed by atoms with E-state index >= 15 is 0 Å². The summed E-state index contributed by atoms with van der Waals surface area (Å²) in [6.07, 6.45) is 0. The molecule has 1 rings (SSSR count). The number of aryl methyl sites for hydroxylation is 1. The van der Waals surface area contributed by atoms with Crippen molar-refractivity contribution in [2.75, 3.05) is 18.7 Å². The molecule has 0 N–H and O–H groups in total. The van der Waals surface area contributed by atoms with Gasteiger partial charge in [0.05, 0.1) is 6.61 Å². The molecule has 0 atom stereocenters. The number of hydrogen-bond donors (Lipinski definition) is 0. The molecule has 0 saturated carbocycles. The van der Waals surface area contributed by atoms with Gasteiger partial charge in [0.25, 0.3) is 0 Å². The average Bonchev–Trinajstić information content (AvgIpc) is 2.15. The van der Waals surface area contributed by atoms with Gasteiger partial charge in [-0.1, -0.05) is 33.6 Å². The first kappa shape index (κ1) is 10.5. The highest BCUT2D eigenvalue weighted by atomic mass is 79.9. The van der Waals surface area contributed by atoms with Crippen LogP contribution in [-0.2, 0) is 4.74 Å². The van der Waals surface area contributed by atoms with Crippen LogP contribution in [0.4, 0.5) is 0 Å². The fourth-order valence-corrected chi connectivity index (χ4v) is 1.09. The predicted octanol–water partition coefficient (Wildman–Crippen LogP) is 2.74. The summed E-state index contributed by atoms with van der Waals surface area (Å²) in [5.41, 5.74) is 1.23. The molecule has 0 aliphatic carbocycles. The Morgan fingerprint density at radius 3 is 2.54 bits per heavy atom. The van der Waals surface area contributed by atoms with Gasteiger partial charge in [-0.25, -0.2) is 0 Å². The first-order valence-corrected chi connectivity index (χ1v) is 5.28. The van der Waals surface area contributed by atoms with Gasteiger partial charge in [0, 0.05) is 5.33 Å². The molecule has 72 valence electrons. The summed E-state index contributed by atoms with van der Waals surface area (Å²) < 4.78 is 10.5. The van der Waals surface area contributed by atoms with Gasteiger partial charge in [-0.2, -0.15) is 0 Å². The topological polar surface area (TPSA) is 18.5 Å². The standard InChI is InChI=1S/C10H13BrO2/c1-9-2-4-10(5-3-9)13-8-12-7-6-11/h2-5H,6-8H2,1H3. The van der Waals surface area contributed by atoms with Gasteiger partial charge < -0.3 is 9.47 Å². The van der Waals surface area contributed by atoms with Crippen LogP contribution in [0.5, 0.6) is 5.75 Å². The molecule has 1 aromatic carbocycles. The molecule has 0 aromatic heterocycles. The number of benzene rings is 1. The zero-order valence-electron chi connectivity index (χ0n) is 7.63. The largest absolute Gasteiger partial charge is 0.468 e. The second-order valence-corrected chi connectivity index (χ2v) is 3.47. The normalized spacial score (nSPS) is 10.0. The smallest absolute Gasteiger partial charge is 0.189 e. The van der Waals surface area contributed by atoms with Gasteiger partial charge in [-0.3, -0.25) is 0 Å². The Morgan fingerprint density at radius 2 is 1.92 bits per heavy atom. The summed E-state index contributed by atoms with van der Waals surface area (Å²) in [6, 6.07) is 7.90. The molecular weight excluding hydrogens is 232 g/mol. The van der Waals surface area contributed by atoms with E-state index in [-0.39, 0.29) is 0 Å². The Kier molecular flexibility index (Phi) is 4.86. The van der Waals surface area contributed by atoms with Crippen molar-refractivity contribution in [1.82, 2.24) is 0 Å². The Hall–Kier alpha value is -0.540. The molecule has 0 amide bonds. The van der Waals surface area contributed by atoms with Crippen LogP contribution in [-0.4, -0.2) is 18.7 Å². The molecule has 0 heterocycles. The van der Waals surface area contributed by atoms with Crippen molar-refractivity contribution in [3.05, 3.63) is 29.8 Å². The van der Waals surface area contributed by atoms with Crippen molar-refractivity contribution in [2.45, 2.75) is 6.92 Å². The third-order valence-electron chi connectivity index (χ3n) is 1.55. The van der Waals surface area contributed by atoms with E-state index in [1.54, 1.807) is 0 Å². The van der Waals surface area contributed by atoms with Gasteiger partial charge in [0.2, 0.25) is 0 Å². The van der Waals surface area contributed by atoms with Crippen molar-refractivity contribution in [3.8, 4) is 5.75 Å². The Balaban J connectivity index is 2.25. The summed E-state index contributed by atoms with van der Waals surface area (Å²) in [7, 11) is 0. The lowest BCUT2D eigenvalue weighted by atomic mass is 10.2. The molecule has 0 unspecified atom stereocenters. The molecule has 0 radical (unpaired) electrons. The van der Waals surface area contributed by atoms with Crippen LogP contribution >= 0.6 is 15.9 Å². The summed E-state index contributed by atoms with van der Waals surface area (Å²) in [6.45, 7) is 3.03. The quantitative estimate of drug-likeness (QED) is 0.451. The molecule has 0 fully saturated rings. The SMILES string of the molecule is Cc1ccc(OCOCCBr)cc1. The van der Waals surface area contributed by atoms with E-state index in [0.29, 0.717) is 13.4 Å². The highest BCUT2D eigenvalue weighted by Gasteiger charge is 1.91. The number of ether oxygens (including phenoxy) is 2. The fraction of sp³-hybridized carbons (Fsp3) is 0.400. The van der Waals surface area contributed by atoms with Gasteiger partial charge >= 0.3 is 0 Å². The molecule has 0 aliphatic rings. The molecule has 0 saturated heterocycles. The lowest BCUT2D eigenvalue weighted by molar-refractivity contribution is 0.0241. The molecule has 2 nitrogen and oxygen atoms in total. The van der Waals surface area contributed by atoms with Crippen LogP contribution in [0.2, 0.25) is 0 Å². The number of hydrogen-bond acceptors (Lipinski definition) is 2. The summed E-state index contributed by atoms with van der Waals surface area (Å²) in [5.74, 6) is 0.847. The summed E-state index contributed by atoms with van der Waals surface area (Å²) in [5, 5.41) is 0.838. The van der Waals surface area contributed by atoms with E-state index in [0.717, 1.165) is 11.1 Å². The maximum Gasteiger partial charge on any atom is 0.189 e. The highest BCUT2D eigenvalue weighted by molar-refractivity contribution is 9.09. The van der Waals surface area contributed by atoms with Crippen LogP contribution < -0.4 is 4.74 Å².